The van der Waals surface area contributed by atoms with E-state index in [1.54, 1.807) is 0 Å². The number of halogens is 6. The number of nitriles is 1. The number of rotatable bonds is 2. The van der Waals surface area contributed by atoms with Gasteiger partial charge >= 0.3 is 18.4 Å². The highest BCUT2D eigenvalue weighted by Gasteiger charge is 2.46. The average Bonchev–Trinajstić information content (AvgIpc) is 2.88. The standard InChI is InChI=1S/C14H10F6N4O2/c1-12(5-10(23-24-12)14(18,19)20)26-11(25)22-8-3-2-7(6-21)9(4-8)13(15,16)17/h2-4,24H,5H2,1H3,(H,22,25). The zero-order valence-corrected chi connectivity index (χ0v) is 12.9. The molecular weight excluding hydrogens is 370 g/mol. The molecule has 1 atom stereocenters. The highest BCUT2D eigenvalue weighted by atomic mass is 19.4. The first-order chi connectivity index (χ1) is 11.8. The average molecular weight is 380 g/mol. The third kappa shape index (κ3) is 4.35. The van der Waals surface area contributed by atoms with Crippen LogP contribution in [-0.4, -0.2) is 23.7 Å². The van der Waals surface area contributed by atoms with Crippen molar-refractivity contribution in [2.75, 3.05) is 5.32 Å². The lowest BCUT2D eigenvalue weighted by molar-refractivity contribution is -0.137. The number of benzene rings is 1. The normalized spacial score (nSPS) is 20.0. The highest BCUT2D eigenvalue weighted by molar-refractivity contribution is 5.92. The number of hydrogen-bond donors (Lipinski definition) is 2. The molecule has 1 aromatic carbocycles. The van der Waals surface area contributed by atoms with Crippen molar-refractivity contribution in [1.29, 1.82) is 5.26 Å². The fourth-order valence-corrected chi connectivity index (χ4v) is 2.11. The summed E-state index contributed by atoms with van der Waals surface area (Å²) in [6.45, 7) is 1.12. The molecule has 2 rings (SSSR count). The van der Waals surface area contributed by atoms with Gasteiger partial charge in [0.1, 0.15) is 5.71 Å². The van der Waals surface area contributed by atoms with Crippen LogP contribution in [-0.2, 0) is 10.9 Å². The van der Waals surface area contributed by atoms with Gasteiger partial charge in [0.2, 0.25) is 5.72 Å². The van der Waals surface area contributed by atoms with E-state index in [0.717, 1.165) is 19.1 Å². The van der Waals surface area contributed by atoms with E-state index in [0.29, 0.717) is 6.07 Å². The molecular formula is C14H10F6N4O2. The molecule has 0 aromatic heterocycles. The molecule has 1 aliphatic rings. The lowest BCUT2D eigenvalue weighted by Gasteiger charge is -2.24. The third-order valence-corrected chi connectivity index (χ3v) is 3.27. The van der Waals surface area contributed by atoms with Crippen molar-refractivity contribution in [1.82, 2.24) is 5.43 Å². The minimum Gasteiger partial charge on any atom is -0.421 e. The summed E-state index contributed by atoms with van der Waals surface area (Å²) in [7, 11) is 0. The number of nitrogens with one attached hydrogen (secondary N) is 2. The molecule has 1 amide bonds. The molecule has 0 radical (unpaired) electrons. The fourth-order valence-electron chi connectivity index (χ4n) is 2.11. The first kappa shape index (κ1) is 19.4. The molecule has 1 heterocycles. The fraction of sp³-hybridized carbons (Fsp3) is 0.357. The molecule has 0 spiro atoms. The second-order valence-electron chi connectivity index (χ2n) is 5.46. The number of nitrogens with zero attached hydrogens (tertiary/aromatic N) is 2. The maximum atomic E-state index is 12.9. The van der Waals surface area contributed by atoms with Crippen LogP contribution >= 0.6 is 0 Å². The molecule has 0 aliphatic carbocycles. The van der Waals surface area contributed by atoms with Gasteiger partial charge in [0.25, 0.3) is 0 Å². The molecule has 6 nitrogen and oxygen atoms in total. The Labute approximate surface area is 142 Å². The van der Waals surface area contributed by atoms with Crippen LogP contribution in [0.2, 0.25) is 0 Å². The van der Waals surface area contributed by atoms with Gasteiger partial charge in [0.05, 0.1) is 23.6 Å². The molecule has 0 saturated carbocycles. The Morgan fingerprint density at radius 3 is 2.46 bits per heavy atom. The van der Waals surface area contributed by atoms with E-state index in [1.165, 1.54) is 6.07 Å². The Bertz CT molecular complexity index is 796. The summed E-state index contributed by atoms with van der Waals surface area (Å²) in [5, 5.41) is 13.7. The third-order valence-electron chi connectivity index (χ3n) is 3.27. The zero-order chi connectivity index (χ0) is 19.8. The number of hydrazone groups is 1. The van der Waals surface area contributed by atoms with Gasteiger partial charge in [-0.05, 0) is 25.1 Å². The van der Waals surface area contributed by atoms with E-state index >= 15 is 0 Å². The molecule has 0 fully saturated rings. The Morgan fingerprint density at radius 1 is 1.31 bits per heavy atom. The summed E-state index contributed by atoms with van der Waals surface area (Å²) in [6, 6.07) is 3.76. The maximum absolute atomic E-state index is 12.9. The number of carbonyl (C=O) groups is 1. The lowest BCUT2D eigenvalue weighted by atomic mass is 10.1. The van der Waals surface area contributed by atoms with Crippen LogP contribution in [0.1, 0.15) is 24.5 Å². The Hall–Kier alpha value is -2.97. The molecule has 0 saturated heterocycles. The van der Waals surface area contributed by atoms with Gasteiger partial charge in [-0.15, -0.1) is 0 Å². The molecule has 1 aliphatic heterocycles. The van der Waals surface area contributed by atoms with Gasteiger partial charge in [-0.25, -0.2) is 4.79 Å². The van der Waals surface area contributed by atoms with Crippen molar-refractivity contribution in [2.45, 2.75) is 31.4 Å². The second kappa shape index (κ2) is 6.40. The zero-order valence-electron chi connectivity index (χ0n) is 12.9. The number of anilines is 1. The van der Waals surface area contributed by atoms with Gasteiger partial charge in [0.15, 0.2) is 0 Å². The number of carbonyl (C=O) groups excluding carboxylic acids is 1. The van der Waals surface area contributed by atoms with Crippen LogP contribution < -0.4 is 10.7 Å². The summed E-state index contributed by atoms with van der Waals surface area (Å²) >= 11 is 0. The minimum absolute atomic E-state index is 0.347. The van der Waals surface area contributed by atoms with Crippen molar-refractivity contribution < 1.29 is 35.9 Å². The van der Waals surface area contributed by atoms with Crippen LogP contribution in [0.25, 0.3) is 0 Å². The van der Waals surface area contributed by atoms with Crippen LogP contribution in [0, 0.1) is 11.3 Å². The monoisotopic (exact) mass is 380 g/mol. The van der Waals surface area contributed by atoms with Gasteiger partial charge in [0, 0.05) is 5.69 Å². The molecule has 1 aromatic rings. The Kier molecular flexibility index (Phi) is 4.76. The number of ether oxygens (including phenoxy) is 1. The Morgan fingerprint density at radius 2 is 1.96 bits per heavy atom. The van der Waals surface area contributed by atoms with Gasteiger partial charge in [-0.2, -0.15) is 36.7 Å². The van der Waals surface area contributed by atoms with Crippen molar-refractivity contribution in [3.05, 3.63) is 29.3 Å². The van der Waals surface area contributed by atoms with Gasteiger partial charge in [-0.1, -0.05) is 0 Å². The van der Waals surface area contributed by atoms with E-state index in [1.807, 2.05) is 10.7 Å². The number of alkyl halides is 6. The second-order valence-corrected chi connectivity index (χ2v) is 5.46. The van der Waals surface area contributed by atoms with Crippen LogP contribution in [0.3, 0.4) is 0 Å². The Balaban J connectivity index is 2.09. The topological polar surface area (TPSA) is 86.5 Å². The van der Waals surface area contributed by atoms with Crippen molar-refractivity contribution in [3.63, 3.8) is 0 Å². The largest absolute Gasteiger partial charge is 0.431 e. The minimum atomic E-state index is -4.83. The van der Waals surface area contributed by atoms with E-state index < -0.39 is 47.4 Å². The van der Waals surface area contributed by atoms with E-state index in [4.69, 9.17) is 10.00 Å². The maximum Gasteiger partial charge on any atom is 0.431 e. The van der Waals surface area contributed by atoms with Crippen molar-refractivity contribution in [2.24, 2.45) is 5.10 Å². The summed E-state index contributed by atoms with van der Waals surface area (Å²) in [5.41, 5.74) is -3.25. The summed E-state index contributed by atoms with van der Waals surface area (Å²) in [4.78, 5) is 11.8. The molecule has 12 heteroatoms. The molecule has 2 N–H and O–H groups in total. The molecule has 26 heavy (non-hydrogen) atoms. The van der Waals surface area contributed by atoms with Crippen LogP contribution in [0.5, 0.6) is 0 Å². The molecule has 140 valence electrons. The highest BCUT2D eigenvalue weighted by Crippen LogP contribution is 2.34. The smallest absolute Gasteiger partial charge is 0.421 e. The van der Waals surface area contributed by atoms with E-state index in [-0.39, 0.29) is 5.69 Å². The van der Waals surface area contributed by atoms with Crippen LogP contribution in [0.15, 0.2) is 23.3 Å². The van der Waals surface area contributed by atoms with Gasteiger partial charge < -0.3 is 4.74 Å². The summed E-state index contributed by atoms with van der Waals surface area (Å²) < 4.78 is 81.1. The van der Waals surface area contributed by atoms with Crippen LogP contribution in [0.4, 0.5) is 36.8 Å². The van der Waals surface area contributed by atoms with Crippen molar-refractivity contribution >= 4 is 17.5 Å². The predicted molar refractivity (Wildman–Crippen MR) is 75.9 cm³/mol. The quantitative estimate of drug-likeness (QED) is 0.765. The summed E-state index contributed by atoms with van der Waals surface area (Å²) in [6.07, 6.45) is -11.6. The molecule has 1 unspecified atom stereocenters. The first-order valence-electron chi connectivity index (χ1n) is 6.86. The van der Waals surface area contributed by atoms with Gasteiger partial charge in [-0.3, -0.25) is 10.7 Å². The van der Waals surface area contributed by atoms with E-state index in [2.05, 4.69) is 5.10 Å². The number of hydrogen-bond acceptors (Lipinski definition) is 5. The number of amides is 1. The summed E-state index contributed by atoms with van der Waals surface area (Å²) in [5.74, 6) is 0. The van der Waals surface area contributed by atoms with Crippen molar-refractivity contribution in [3.8, 4) is 6.07 Å². The lowest BCUT2D eigenvalue weighted by Crippen LogP contribution is -2.42. The SMILES string of the molecule is CC1(OC(=O)Nc2ccc(C#N)c(C(F)(F)F)c2)CC(C(F)(F)F)=NN1. The molecule has 0 bridgehead atoms. The van der Waals surface area contributed by atoms with E-state index in [9.17, 15) is 31.1 Å². The first-order valence-corrected chi connectivity index (χ1v) is 6.86. The predicted octanol–water partition coefficient (Wildman–Crippen LogP) is 3.75.